The predicted octanol–water partition coefficient (Wildman–Crippen LogP) is 1.30. The molecule has 1 unspecified atom stereocenters. The Balaban J connectivity index is 1.99. The molecule has 5 nitrogen and oxygen atoms in total. The molecule has 1 fully saturated rings. The minimum Gasteiger partial charge on any atom is -0.477 e. The van der Waals surface area contributed by atoms with E-state index >= 15 is 0 Å². The Hall–Kier alpha value is -1.43. The second kappa shape index (κ2) is 6.56. The van der Waals surface area contributed by atoms with Crippen LogP contribution in [0.15, 0.2) is 24.3 Å². The van der Waals surface area contributed by atoms with Gasteiger partial charge in [0, 0.05) is 12.8 Å². The minimum atomic E-state index is -0.765. The molecule has 5 heteroatoms. The maximum atomic E-state index is 11.4. The molecule has 1 aliphatic heterocycles. The van der Waals surface area contributed by atoms with Gasteiger partial charge in [0.1, 0.15) is 0 Å². The Morgan fingerprint density at radius 3 is 2.19 bits per heavy atom. The van der Waals surface area contributed by atoms with Gasteiger partial charge >= 0.3 is 5.97 Å². The molecule has 0 aromatic heterocycles. The van der Waals surface area contributed by atoms with Gasteiger partial charge in [-0.15, -0.1) is 0 Å². The zero-order chi connectivity index (χ0) is 15.5. The summed E-state index contributed by atoms with van der Waals surface area (Å²) >= 11 is 0. The third kappa shape index (κ3) is 4.52. The molecule has 21 heavy (non-hydrogen) atoms. The van der Waals surface area contributed by atoms with E-state index in [-0.39, 0.29) is 6.29 Å². The van der Waals surface area contributed by atoms with Crippen LogP contribution in [0.5, 0.6) is 0 Å². The number of ether oxygens (including phenoxy) is 2. The van der Waals surface area contributed by atoms with Crippen molar-refractivity contribution in [3.05, 3.63) is 35.4 Å². The number of hydrogen-bond acceptors (Lipinski definition) is 3. The number of hydrogen-bond donors (Lipinski definition) is 1. The second-order valence-electron chi connectivity index (χ2n) is 6.37. The van der Waals surface area contributed by atoms with Gasteiger partial charge in [0.25, 0.3) is 0 Å². The molecule has 1 saturated heterocycles. The summed E-state index contributed by atoms with van der Waals surface area (Å²) < 4.78 is 11.3. The highest BCUT2D eigenvalue weighted by molar-refractivity contribution is 5.72. The highest BCUT2D eigenvalue weighted by atomic mass is 16.7. The summed E-state index contributed by atoms with van der Waals surface area (Å²) in [7, 11) is 5.71. The first-order valence-electron chi connectivity index (χ1n) is 7.21. The monoisotopic (exact) mass is 294 g/mol. The van der Waals surface area contributed by atoms with E-state index < -0.39 is 12.0 Å². The van der Waals surface area contributed by atoms with Crippen molar-refractivity contribution >= 4 is 5.97 Å². The molecule has 116 valence electrons. The first-order chi connectivity index (χ1) is 9.86. The summed E-state index contributed by atoms with van der Waals surface area (Å²) in [4.78, 5) is 11.4. The van der Waals surface area contributed by atoms with Crippen molar-refractivity contribution in [2.45, 2.75) is 25.2 Å². The molecule has 0 bridgehead atoms. The topological polar surface area (TPSA) is 55.8 Å². The van der Waals surface area contributed by atoms with E-state index in [4.69, 9.17) is 9.47 Å². The molecule has 0 amide bonds. The van der Waals surface area contributed by atoms with Gasteiger partial charge in [0.2, 0.25) is 0 Å². The third-order valence-electron chi connectivity index (χ3n) is 3.77. The van der Waals surface area contributed by atoms with Gasteiger partial charge in [0.15, 0.2) is 12.3 Å². The Bertz CT molecular complexity index is 472. The molecule has 1 atom stereocenters. The number of rotatable bonds is 6. The third-order valence-corrected chi connectivity index (χ3v) is 3.77. The fraction of sp³-hybridized carbons (Fsp3) is 0.562. The van der Waals surface area contributed by atoms with Crippen LogP contribution in [-0.4, -0.2) is 62.2 Å². The first kappa shape index (κ1) is 15.9. The molecular formula is C16H24NO4+. The van der Waals surface area contributed by atoms with E-state index in [1.54, 1.807) is 0 Å². The van der Waals surface area contributed by atoms with Crippen molar-refractivity contribution in [2.75, 3.05) is 34.4 Å². The lowest BCUT2D eigenvalue weighted by Gasteiger charge is -2.31. The number of aliphatic carboxylic acids is 1. The molecule has 0 radical (unpaired) electrons. The number of quaternary nitrogens is 1. The molecule has 1 aliphatic rings. The summed E-state index contributed by atoms with van der Waals surface area (Å²) in [6, 6.07) is 7.59. The van der Waals surface area contributed by atoms with Gasteiger partial charge in [0.05, 0.1) is 34.4 Å². The van der Waals surface area contributed by atoms with E-state index in [1.807, 2.05) is 45.4 Å². The van der Waals surface area contributed by atoms with Gasteiger partial charge in [-0.1, -0.05) is 24.3 Å². The molecule has 2 rings (SSSR count). The summed E-state index contributed by atoms with van der Waals surface area (Å²) in [5.41, 5.74) is 2.18. The van der Waals surface area contributed by atoms with Crippen LogP contribution in [0.25, 0.3) is 0 Å². The molecular weight excluding hydrogens is 270 g/mol. The zero-order valence-corrected chi connectivity index (χ0v) is 12.9. The van der Waals surface area contributed by atoms with Crippen LogP contribution in [0.1, 0.15) is 11.1 Å². The fourth-order valence-corrected chi connectivity index (χ4v) is 2.44. The molecule has 1 aromatic carbocycles. The van der Waals surface area contributed by atoms with Crippen molar-refractivity contribution in [1.29, 1.82) is 0 Å². The second-order valence-corrected chi connectivity index (χ2v) is 6.37. The van der Waals surface area contributed by atoms with E-state index in [0.29, 0.717) is 24.1 Å². The van der Waals surface area contributed by atoms with Crippen LogP contribution in [-0.2, 0) is 27.1 Å². The van der Waals surface area contributed by atoms with Gasteiger partial charge in [-0.25, -0.2) is 4.79 Å². The van der Waals surface area contributed by atoms with E-state index in [2.05, 4.69) is 0 Å². The number of carboxylic acid groups (broad SMARTS) is 1. The Morgan fingerprint density at radius 1 is 1.19 bits per heavy atom. The van der Waals surface area contributed by atoms with Crippen molar-refractivity contribution in [3.63, 3.8) is 0 Å². The van der Waals surface area contributed by atoms with Crippen LogP contribution >= 0.6 is 0 Å². The largest absolute Gasteiger partial charge is 0.477 e. The quantitative estimate of drug-likeness (QED) is 0.804. The maximum absolute atomic E-state index is 11.4. The molecule has 1 aromatic rings. The van der Waals surface area contributed by atoms with Gasteiger partial charge < -0.3 is 19.1 Å². The number of nitrogens with zero attached hydrogens (tertiary/aromatic N) is 1. The van der Waals surface area contributed by atoms with Crippen molar-refractivity contribution in [3.8, 4) is 0 Å². The fourth-order valence-electron chi connectivity index (χ4n) is 2.44. The highest BCUT2D eigenvalue weighted by Gasteiger charge is 2.31. The standard InChI is InChI=1S/C16H23NO4/c1-17(2,3)14(16(18)19)10-12-4-6-13(7-5-12)11-15-20-8-9-21-15/h4-7,14-15H,8-11H2,1-3H3/p+1. The lowest BCUT2D eigenvalue weighted by Crippen LogP contribution is -2.51. The van der Waals surface area contributed by atoms with Crippen molar-refractivity contribution in [2.24, 2.45) is 0 Å². The number of carboxylic acids is 1. The van der Waals surface area contributed by atoms with E-state index in [1.165, 1.54) is 0 Å². The van der Waals surface area contributed by atoms with Crippen LogP contribution in [0.4, 0.5) is 0 Å². The maximum Gasteiger partial charge on any atom is 0.362 e. The van der Waals surface area contributed by atoms with Crippen molar-refractivity contribution < 1.29 is 23.9 Å². The molecule has 1 heterocycles. The SMILES string of the molecule is C[N+](C)(C)C(Cc1ccc(CC2OCCO2)cc1)C(=O)O. The molecule has 1 N–H and O–H groups in total. The number of likely N-dealkylation sites (N-methyl/N-ethyl adjacent to an activating group) is 1. The lowest BCUT2D eigenvalue weighted by atomic mass is 10.0. The van der Waals surface area contributed by atoms with Crippen LogP contribution < -0.4 is 0 Å². The first-order valence-corrected chi connectivity index (χ1v) is 7.21. The lowest BCUT2D eigenvalue weighted by molar-refractivity contribution is -0.887. The van der Waals surface area contributed by atoms with Crippen LogP contribution in [0.2, 0.25) is 0 Å². The van der Waals surface area contributed by atoms with E-state index in [0.717, 1.165) is 17.5 Å². The smallest absolute Gasteiger partial charge is 0.362 e. The normalized spacial score (nSPS) is 17.9. The Morgan fingerprint density at radius 2 is 1.71 bits per heavy atom. The average Bonchev–Trinajstić information content (AvgIpc) is 2.89. The summed E-state index contributed by atoms with van der Waals surface area (Å²) in [6.45, 7) is 1.32. The van der Waals surface area contributed by atoms with Gasteiger partial charge in [-0.2, -0.15) is 0 Å². The Labute approximate surface area is 125 Å². The average molecular weight is 294 g/mol. The van der Waals surface area contributed by atoms with E-state index in [9.17, 15) is 9.90 Å². The van der Waals surface area contributed by atoms with Gasteiger partial charge in [-0.3, -0.25) is 0 Å². The predicted molar refractivity (Wildman–Crippen MR) is 79.0 cm³/mol. The molecule has 0 aliphatic carbocycles. The van der Waals surface area contributed by atoms with Crippen molar-refractivity contribution in [1.82, 2.24) is 0 Å². The molecule has 0 spiro atoms. The number of benzene rings is 1. The summed E-state index contributed by atoms with van der Waals surface area (Å²) in [5, 5.41) is 9.37. The highest BCUT2D eigenvalue weighted by Crippen LogP contribution is 2.16. The van der Waals surface area contributed by atoms with Crippen LogP contribution in [0, 0.1) is 0 Å². The summed E-state index contributed by atoms with van der Waals surface area (Å²) in [5.74, 6) is -0.765. The number of carbonyl (C=O) groups is 1. The Kier molecular flexibility index (Phi) is 4.98. The van der Waals surface area contributed by atoms with Gasteiger partial charge in [-0.05, 0) is 11.1 Å². The van der Waals surface area contributed by atoms with Crippen LogP contribution in [0.3, 0.4) is 0 Å². The molecule has 0 saturated carbocycles. The minimum absolute atomic E-state index is 0.145. The summed E-state index contributed by atoms with van der Waals surface area (Å²) in [6.07, 6.45) is 1.11. The zero-order valence-electron chi connectivity index (χ0n) is 12.9.